The number of rotatable bonds is 7. The quantitative estimate of drug-likeness (QED) is 0.337. The summed E-state index contributed by atoms with van der Waals surface area (Å²) in [6, 6.07) is 6.31. The van der Waals surface area contributed by atoms with Crippen molar-refractivity contribution in [1.82, 2.24) is 0 Å². The van der Waals surface area contributed by atoms with Crippen molar-refractivity contribution >= 4 is 5.69 Å². The van der Waals surface area contributed by atoms with Gasteiger partial charge in [0.25, 0.3) is 0 Å². The molecule has 0 radical (unpaired) electrons. The maximum atomic E-state index is 5.86. The van der Waals surface area contributed by atoms with Crippen LogP contribution in [0, 0.1) is 6.92 Å². The number of anilines is 1. The summed E-state index contributed by atoms with van der Waals surface area (Å²) < 4.78 is 0. The summed E-state index contributed by atoms with van der Waals surface area (Å²) in [6.45, 7) is 5.90. The normalized spacial score (nSPS) is 10.3. The van der Waals surface area contributed by atoms with Gasteiger partial charge in [-0.25, -0.2) is 5.84 Å². The summed E-state index contributed by atoms with van der Waals surface area (Å²) in [5, 5.41) is 1.71. The van der Waals surface area contributed by atoms with Crippen molar-refractivity contribution < 1.29 is 0 Å². The molecule has 1 rings (SSSR count). The molecule has 0 saturated carbocycles. The van der Waals surface area contributed by atoms with Crippen molar-refractivity contribution in [2.24, 2.45) is 5.84 Å². The van der Waals surface area contributed by atoms with Gasteiger partial charge in [-0.15, -0.1) is 6.58 Å². The van der Waals surface area contributed by atoms with E-state index in [0.717, 1.165) is 18.5 Å². The predicted molar refractivity (Wildman–Crippen MR) is 76.1 cm³/mol. The van der Waals surface area contributed by atoms with Crippen LogP contribution < -0.4 is 10.9 Å². The zero-order valence-corrected chi connectivity index (χ0v) is 11.1. The van der Waals surface area contributed by atoms with Gasteiger partial charge < -0.3 is 5.01 Å². The van der Waals surface area contributed by atoms with Gasteiger partial charge in [-0.2, -0.15) is 0 Å². The Kier molecular flexibility index (Phi) is 5.78. The zero-order chi connectivity index (χ0) is 12.7. The van der Waals surface area contributed by atoms with Crippen LogP contribution >= 0.6 is 0 Å². The van der Waals surface area contributed by atoms with E-state index in [9.17, 15) is 0 Å². The van der Waals surface area contributed by atoms with Crippen molar-refractivity contribution in [3.63, 3.8) is 0 Å². The second-order valence-corrected chi connectivity index (χ2v) is 4.57. The number of hydrazine groups is 1. The molecule has 0 heterocycles. The fourth-order valence-electron chi connectivity index (χ4n) is 2.11. The summed E-state index contributed by atoms with van der Waals surface area (Å²) in [7, 11) is 1.90. The van der Waals surface area contributed by atoms with Crippen LogP contribution in [0.1, 0.15) is 36.8 Å². The Hall–Kier alpha value is -1.28. The summed E-state index contributed by atoms with van der Waals surface area (Å²) in [4.78, 5) is 0. The average Bonchev–Trinajstić information content (AvgIpc) is 2.30. The van der Waals surface area contributed by atoms with Gasteiger partial charge in [-0.1, -0.05) is 24.6 Å². The largest absolute Gasteiger partial charge is 0.314 e. The van der Waals surface area contributed by atoms with Gasteiger partial charge in [-0.05, 0) is 49.8 Å². The maximum Gasteiger partial charge on any atom is 0.0548 e. The van der Waals surface area contributed by atoms with E-state index in [-0.39, 0.29) is 0 Å². The molecule has 2 nitrogen and oxygen atoms in total. The Labute approximate surface area is 105 Å². The summed E-state index contributed by atoms with van der Waals surface area (Å²) in [6.07, 6.45) is 7.95. The SMILES string of the molecule is C=CCCCCCc1c(C)cccc1N(C)N. The molecule has 94 valence electrons. The van der Waals surface area contributed by atoms with E-state index >= 15 is 0 Å². The molecule has 2 N–H and O–H groups in total. The first-order chi connectivity index (χ1) is 8.16. The Morgan fingerprint density at radius 2 is 2.06 bits per heavy atom. The first kappa shape index (κ1) is 13.8. The predicted octanol–water partition coefficient (Wildman–Crippen LogP) is 3.59. The van der Waals surface area contributed by atoms with E-state index in [2.05, 4.69) is 31.7 Å². The highest BCUT2D eigenvalue weighted by Gasteiger charge is 2.06. The van der Waals surface area contributed by atoms with Crippen LogP contribution in [0.2, 0.25) is 0 Å². The molecule has 0 spiro atoms. The molecule has 1 aromatic carbocycles. The lowest BCUT2D eigenvalue weighted by molar-refractivity contribution is 0.685. The number of nitrogens with zero attached hydrogens (tertiary/aromatic N) is 1. The Balaban J connectivity index is 2.59. The van der Waals surface area contributed by atoms with Gasteiger partial charge in [0.1, 0.15) is 0 Å². The number of hydrogen-bond donors (Lipinski definition) is 1. The topological polar surface area (TPSA) is 29.3 Å². The van der Waals surface area contributed by atoms with Crippen molar-refractivity contribution in [3.05, 3.63) is 42.0 Å². The highest BCUT2D eigenvalue weighted by Crippen LogP contribution is 2.23. The van der Waals surface area contributed by atoms with Crippen LogP contribution in [0.25, 0.3) is 0 Å². The molecule has 0 saturated heterocycles. The van der Waals surface area contributed by atoms with E-state index in [1.54, 1.807) is 5.01 Å². The van der Waals surface area contributed by atoms with Crippen LogP contribution in [-0.2, 0) is 6.42 Å². The minimum Gasteiger partial charge on any atom is -0.314 e. The molecule has 0 unspecified atom stereocenters. The highest BCUT2D eigenvalue weighted by atomic mass is 15.4. The van der Waals surface area contributed by atoms with Gasteiger partial charge in [0, 0.05) is 7.05 Å². The molecule has 0 amide bonds. The molecule has 0 aliphatic rings. The molecular weight excluding hydrogens is 208 g/mol. The maximum absolute atomic E-state index is 5.86. The van der Waals surface area contributed by atoms with Crippen molar-refractivity contribution in [1.29, 1.82) is 0 Å². The number of allylic oxidation sites excluding steroid dienone is 1. The highest BCUT2D eigenvalue weighted by molar-refractivity contribution is 5.55. The molecule has 0 aliphatic carbocycles. The van der Waals surface area contributed by atoms with Crippen molar-refractivity contribution in [2.45, 2.75) is 39.0 Å². The third-order valence-electron chi connectivity index (χ3n) is 3.10. The molecule has 0 aliphatic heterocycles. The lowest BCUT2D eigenvalue weighted by Gasteiger charge is -2.18. The van der Waals surface area contributed by atoms with Crippen LogP contribution in [-0.4, -0.2) is 7.05 Å². The molecule has 1 aromatic rings. The van der Waals surface area contributed by atoms with Crippen LogP contribution in [0.3, 0.4) is 0 Å². The second-order valence-electron chi connectivity index (χ2n) is 4.57. The van der Waals surface area contributed by atoms with Gasteiger partial charge in [0.2, 0.25) is 0 Å². The Morgan fingerprint density at radius 3 is 2.71 bits per heavy atom. The fourth-order valence-corrected chi connectivity index (χ4v) is 2.11. The molecule has 0 fully saturated rings. The van der Waals surface area contributed by atoms with Gasteiger partial charge in [0.15, 0.2) is 0 Å². The molecular formula is C15H24N2. The number of unbranched alkanes of at least 4 members (excludes halogenated alkanes) is 3. The zero-order valence-electron chi connectivity index (χ0n) is 11.1. The number of aryl methyl sites for hydroxylation is 1. The summed E-state index contributed by atoms with van der Waals surface area (Å²) >= 11 is 0. The molecule has 0 aromatic heterocycles. The van der Waals surface area contributed by atoms with Crippen molar-refractivity contribution in [3.8, 4) is 0 Å². The van der Waals surface area contributed by atoms with E-state index < -0.39 is 0 Å². The van der Waals surface area contributed by atoms with E-state index in [4.69, 9.17) is 5.84 Å². The van der Waals surface area contributed by atoms with Gasteiger partial charge in [-0.3, -0.25) is 0 Å². The Bertz CT molecular complexity index is 356. The van der Waals surface area contributed by atoms with Crippen LogP contribution in [0.15, 0.2) is 30.9 Å². The monoisotopic (exact) mass is 232 g/mol. The number of nitrogens with two attached hydrogens (primary N) is 1. The minimum atomic E-state index is 1.11. The number of hydrogen-bond acceptors (Lipinski definition) is 2. The molecule has 2 heteroatoms. The minimum absolute atomic E-state index is 1.11. The van der Waals surface area contributed by atoms with Crippen LogP contribution in [0.5, 0.6) is 0 Å². The smallest absolute Gasteiger partial charge is 0.0548 e. The lowest BCUT2D eigenvalue weighted by Crippen LogP contribution is -2.26. The lowest BCUT2D eigenvalue weighted by atomic mass is 9.99. The summed E-state index contributed by atoms with van der Waals surface area (Å²) in [5.74, 6) is 5.86. The number of benzene rings is 1. The third-order valence-corrected chi connectivity index (χ3v) is 3.10. The average molecular weight is 232 g/mol. The Morgan fingerprint density at radius 1 is 1.29 bits per heavy atom. The first-order valence-electron chi connectivity index (χ1n) is 6.34. The second kappa shape index (κ2) is 7.13. The van der Waals surface area contributed by atoms with Crippen LogP contribution in [0.4, 0.5) is 5.69 Å². The van der Waals surface area contributed by atoms with Gasteiger partial charge in [0.05, 0.1) is 5.69 Å². The first-order valence-corrected chi connectivity index (χ1v) is 6.34. The van der Waals surface area contributed by atoms with E-state index in [1.807, 2.05) is 13.1 Å². The standard InChI is InChI=1S/C15H24N2/c1-4-5-6-7-8-11-14-13(2)10-9-12-15(14)17(3)16/h4,9-10,12H,1,5-8,11,16H2,2-3H3. The van der Waals surface area contributed by atoms with Gasteiger partial charge >= 0.3 is 0 Å². The van der Waals surface area contributed by atoms with E-state index in [0.29, 0.717) is 0 Å². The van der Waals surface area contributed by atoms with E-state index in [1.165, 1.54) is 30.4 Å². The third kappa shape index (κ3) is 4.23. The van der Waals surface area contributed by atoms with Crippen molar-refractivity contribution in [2.75, 3.05) is 12.1 Å². The summed E-state index contributed by atoms with van der Waals surface area (Å²) in [5.41, 5.74) is 3.87. The molecule has 0 atom stereocenters. The molecule has 0 bridgehead atoms. The molecule has 17 heavy (non-hydrogen) atoms. The fraction of sp³-hybridized carbons (Fsp3) is 0.467.